The molecule has 2 aromatic heterocycles. The lowest BCUT2D eigenvalue weighted by atomic mass is 9.94. The van der Waals surface area contributed by atoms with Gasteiger partial charge in [-0.25, -0.2) is 4.98 Å². The molecule has 1 fully saturated rings. The zero-order valence-electron chi connectivity index (χ0n) is 10.4. The summed E-state index contributed by atoms with van der Waals surface area (Å²) < 4.78 is 7.83. The monoisotopic (exact) mass is 247 g/mol. The van der Waals surface area contributed by atoms with Crippen LogP contribution in [0, 0.1) is 6.92 Å². The van der Waals surface area contributed by atoms with Crippen LogP contribution in [0.25, 0.3) is 5.65 Å². The highest BCUT2D eigenvalue weighted by Gasteiger charge is 2.21. The van der Waals surface area contributed by atoms with E-state index >= 15 is 0 Å². The van der Waals surface area contributed by atoms with Crippen molar-refractivity contribution in [2.45, 2.75) is 44.8 Å². The molecule has 0 aliphatic heterocycles. The summed E-state index contributed by atoms with van der Waals surface area (Å²) in [6.07, 6.45) is 7.75. The van der Waals surface area contributed by atoms with Gasteiger partial charge in [-0.1, -0.05) is 0 Å². The largest absolute Gasteiger partial charge is 0.472 e. The number of nitrogens with zero attached hydrogens (tertiary/aromatic N) is 4. The molecule has 1 aliphatic carbocycles. The first kappa shape index (κ1) is 11.4. The summed E-state index contributed by atoms with van der Waals surface area (Å²) >= 11 is 0. The van der Waals surface area contributed by atoms with Gasteiger partial charge in [-0.3, -0.25) is 4.40 Å². The highest BCUT2D eigenvalue weighted by molar-refractivity contribution is 5.48. The molecule has 2 aromatic rings. The third-order valence-electron chi connectivity index (χ3n) is 3.46. The Kier molecular flexibility index (Phi) is 2.87. The van der Waals surface area contributed by atoms with Gasteiger partial charge in [0.1, 0.15) is 11.9 Å². The maximum atomic E-state index is 5.94. The van der Waals surface area contributed by atoms with Gasteiger partial charge >= 0.3 is 0 Å². The van der Waals surface area contributed by atoms with Crippen molar-refractivity contribution in [1.29, 1.82) is 0 Å². The van der Waals surface area contributed by atoms with E-state index in [0.29, 0.717) is 17.6 Å². The lowest BCUT2D eigenvalue weighted by Crippen LogP contribution is -2.31. The Labute approximate surface area is 105 Å². The van der Waals surface area contributed by atoms with Gasteiger partial charge in [0.15, 0.2) is 0 Å². The molecule has 18 heavy (non-hydrogen) atoms. The minimum absolute atomic E-state index is 0.195. The smallest absolute Gasteiger partial charge is 0.260 e. The molecule has 2 heterocycles. The predicted octanol–water partition coefficient (Wildman–Crippen LogP) is 1.08. The zero-order valence-corrected chi connectivity index (χ0v) is 10.4. The number of aromatic nitrogens is 4. The molecule has 6 nitrogen and oxygen atoms in total. The number of hydrogen-bond acceptors (Lipinski definition) is 5. The van der Waals surface area contributed by atoms with Crippen molar-refractivity contribution in [2.24, 2.45) is 5.73 Å². The number of aryl methyl sites for hydroxylation is 1. The van der Waals surface area contributed by atoms with E-state index in [1.807, 2.05) is 17.5 Å². The average molecular weight is 247 g/mol. The Morgan fingerprint density at radius 1 is 1.28 bits per heavy atom. The molecule has 0 unspecified atom stereocenters. The molecular weight excluding hydrogens is 230 g/mol. The van der Waals surface area contributed by atoms with Gasteiger partial charge in [0.05, 0.1) is 0 Å². The van der Waals surface area contributed by atoms with Crippen molar-refractivity contribution >= 4 is 5.65 Å². The van der Waals surface area contributed by atoms with E-state index in [1.54, 1.807) is 6.20 Å². The number of hydrogen-bond donors (Lipinski definition) is 1. The van der Waals surface area contributed by atoms with Gasteiger partial charge < -0.3 is 10.5 Å². The fourth-order valence-corrected chi connectivity index (χ4v) is 2.37. The molecule has 96 valence electrons. The molecule has 0 bridgehead atoms. The minimum atomic E-state index is 0.195. The summed E-state index contributed by atoms with van der Waals surface area (Å²) in [6.45, 7) is 1.91. The number of fused-ring (bicyclic) bond motifs is 1. The SMILES string of the molecule is Cc1nnc2c(OC3CCC(N)CC3)nccn12. The van der Waals surface area contributed by atoms with E-state index in [-0.39, 0.29) is 6.10 Å². The highest BCUT2D eigenvalue weighted by atomic mass is 16.5. The van der Waals surface area contributed by atoms with Gasteiger partial charge in [-0.2, -0.15) is 0 Å². The molecule has 3 rings (SSSR count). The normalized spacial score (nSPS) is 24.3. The van der Waals surface area contributed by atoms with E-state index in [2.05, 4.69) is 15.2 Å². The third kappa shape index (κ3) is 2.03. The molecular formula is C12H17N5O. The number of rotatable bonds is 2. The van der Waals surface area contributed by atoms with Crippen LogP contribution < -0.4 is 10.5 Å². The summed E-state index contributed by atoms with van der Waals surface area (Å²) in [6, 6.07) is 0.323. The summed E-state index contributed by atoms with van der Waals surface area (Å²) in [7, 11) is 0. The van der Waals surface area contributed by atoms with Crippen molar-refractivity contribution in [3.63, 3.8) is 0 Å². The standard InChI is InChI=1S/C12H17N5O/c1-8-15-16-11-12(14-6-7-17(8)11)18-10-4-2-9(13)3-5-10/h6-7,9-10H,2-5,13H2,1H3. The first-order valence-corrected chi connectivity index (χ1v) is 6.32. The predicted molar refractivity (Wildman–Crippen MR) is 66.4 cm³/mol. The van der Waals surface area contributed by atoms with Crippen molar-refractivity contribution in [3.05, 3.63) is 18.2 Å². The van der Waals surface area contributed by atoms with Gasteiger partial charge in [0.2, 0.25) is 5.65 Å². The molecule has 0 spiro atoms. The molecule has 0 amide bonds. The summed E-state index contributed by atoms with van der Waals surface area (Å²) in [4.78, 5) is 4.26. The van der Waals surface area contributed by atoms with Crippen molar-refractivity contribution in [3.8, 4) is 5.88 Å². The Morgan fingerprint density at radius 2 is 2.06 bits per heavy atom. The Balaban J connectivity index is 1.82. The minimum Gasteiger partial charge on any atom is -0.472 e. The Hall–Kier alpha value is -1.69. The summed E-state index contributed by atoms with van der Waals surface area (Å²) in [5, 5.41) is 8.13. The maximum Gasteiger partial charge on any atom is 0.260 e. The van der Waals surface area contributed by atoms with Crippen LogP contribution in [0.5, 0.6) is 5.88 Å². The van der Waals surface area contributed by atoms with E-state index in [4.69, 9.17) is 10.5 Å². The zero-order chi connectivity index (χ0) is 12.5. The molecule has 0 saturated heterocycles. The van der Waals surface area contributed by atoms with Crippen LogP contribution in [0.3, 0.4) is 0 Å². The molecule has 1 saturated carbocycles. The molecule has 0 radical (unpaired) electrons. The first-order chi connectivity index (χ1) is 8.74. The van der Waals surface area contributed by atoms with Gasteiger partial charge in [0, 0.05) is 18.4 Å². The number of nitrogens with two attached hydrogens (primary N) is 1. The first-order valence-electron chi connectivity index (χ1n) is 6.32. The molecule has 6 heteroatoms. The van der Waals surface area contributed by atoms with Crippen LogP contribution in [0.4, 0.5) is 0 Å². The Bertz CT molecular complexity index is 544. The third-order valence-corrected chi connectivity index (χ3v) is 3.46. The van der Waals surface area contributed by atoms with Crippen LogP contribution in [-0.4, -0.2) is 31.7 Å². The van der Waals surface area contributed by atoms with Crippen LogP contribution in [-0.2, 0) is 0 Å². The van der Waals surface area contributed by atoms with Crippen molar-refractivity contribution in [1.82, 2.24) is 19.6 Å². The Morgan fingerprint density at radius 3 is 2.83 bits per heavy atom. The second-order valence-corrected chi connectivity index (χ2v) is 4.83. The fraction of sp³-hybridized carbons (Fsp3) is 0.583. The van der Waals surface area contributed by atoms with Crippen LogP contribution in [0.15, 0.2) is 12.4 Å². The van der Waals surface area contributed by atoms with E-state index in [0.717, 1.165) is 31.5 Å². The van der Waals surface area contributed by atoms with E-state index in [9.17, 15) is 0 Å². The highest BCUT2D eigenvalue weighted by Crippen LogP contribution is 2.23. The quantitative estimate of drug-likeness (QED) is 0.859. The van der Waals surface area contributed by atoms with Gasteiger partial charge in [0.25, 0.3) is 5.88 Å². The topological polar surface area (TPSA) is 78.3 Å². The van der Waals surface area contributed by atoms with Gasteiger partial charge in [-0.15, -0.1) is 10.2 Å². The second kappa shape index (κ2) is 4.53. The maximum absolute atomic E-state index is 5.94. The lowest BCUT2D eigenvalue weighted by Gasteiger charge is -2.26. The fourth-order valence-electron chi connectivity index (χ4n) is 2.37. The van der Waals surface area contributed by atoms with E-state index in [1.165, 1.54) is 0 Å². The van der Waals surface area contributed by atoms with E-state index < -0.39 is 0 Å². The van der Waals surface area contributed by atoms with Crippen molar-refractivity contribution < 1.29 is 4.74 Å². The summed E-state index contributed by atoms with van der Waals surface area (Å²) in [5.41, 5.74) is 6.57. The molecule has 2 N–H and O–H groups in total. The molecule has 1 aliphatic rings. The number of ether oxygens (including phenoxy) is 1. The van der Waals surface area contributed by atoms with Crippen LogP contribution in [0.1, 0.15) is 31.5 Å². The molecule has 0 atom stereocenters. The van der Waals surface area contributed by atoms with Crippen LogP contribution >= 0.6 is 0 Å². The molecule has 0 aromatic carbocycles. The van der Waals surface area contributed by atoms with Crippen molar-refractivity contribution in [2.75, 3.05) is 0 Å². The second-order valence-electron chi connectivity index (χ2n) is 4.83. The van der Waals surface area contributed by atoms with Gasteiger partial charge in [-0.05, 0) is 32.6 Å². The lowest BCUT2D eigenvalue weighted by molar-refractivity contribution is 0.142. The summed E-state index contributed by atoms with van der Waals surface area (Å²) in [5.74, 6) is 1.40. The van der Waals surface area contributed by atoms with Crippen LogP contribution in [0.2, 0.25) is 0 Å². The average Bonchev–Trinajstić information content (AvgIpc) is 2.76.